The van der Waals surface area contributed by atoms with Crippen molar-refractivity contribution in [1.82, 2.24) is 20.2 Å². The summed E-state index contributed by atoms with van der Waals surface area (Å²) < 4.78 is 60.8. The molecule has 1 atom stereocenters. The van der Waals surface area contributed by atoms with Crippen LogP contribution in [0.3, 0.4) is 0 Å². The lowest BCUT2D eigenvalue weighted by molar-refractivity contribution is -0.137. The standard InChI is InChI=1S/C30H38F3N7O3S/c1-20-8-9-22(25(16-20)39(2)44(4)42)18-35-27-23(30(31,32)33)19-36-29(38-27)37-24-11-10-21(17-26(24)43-3)28(41)34-12-15-40-13-6-5-7-14-40/h8-11,16-17,19H,5-7,12-15,18H2,1-4H3,(H,34,41)(H2,35,36,37,38). The molecule has 1 aliphatic heterocycles. The van der Waals surface area contributed by atoms with Gasteiger partial charge in [-0.2, -0.15) is 18.2 Å². The molecule has 44 heavy (non-hydrogen) atoms. The van der Waals surface area contributed by atoms with E-state index < -0.39 is 28.5 Å². The van der Waals surface area contributed by atoms with E-state index in [0.717, 1.165) is 25.2 Å². The molecule has 0 spiro atoms. The van der Waals surface area contributed by atoms with E-state index >= 15 is 0 Å². The number of carbonyl (C=O) groups is 1. The monoisotopic (exact) mass is 633 g/mol. The van der Waals surface area contributed by atoms with E-state index in [2.05, 4.69) is 30.8 Å². The number of nitrogens with zero attached hydrogens (tertiary/aromatic N) is 4. The third kappa shape index (κ3) is 8.59. The molecule has 1 amide bonds. The molecule has 0 aliphatic carbocycles. The Balaban J connectivity index is 1.50. The third-order valence-electron chi connectivity index (χ3n) is 7.38. The number of amides is 1. The average molecular weight is 634 g/mol. The molecule has 1 fully saturated rings. The number of rotatable bonds is 12. The number of aromatic nitrogens is 2. The lowest BCUT2D eigenvalue weighted by Crippen LogP contribution is -2.37. The van der Waals surface area contributed by atoms with Crippen LogP contribution in [0.25, 0.3) is 0 Å². The number of ether oxygens (including phenoxy) is 1. The predicted octanol–water partition coefficient (Wildman–Crippen LogP) is 5.11. The average Bonchev–Trinajstić information content (AvgIpc) is 3.00. The lowest BCUT2D eigenvalue weighted by Gasteiger charge is -2.26. The maximum atomic E-state index is 13.9. The van der Waals surface area contributed by atoms with Gasteiger partial charge in [0.1, 0.15) is 28.1 Å². The van der Waals surface area contributed by atoms with Crippen molar-refractivity contribution < 1.29 is 26.9 Å². The van der Waals surface area contributed by atoms with Gasteiger partial charge in [-0.05, 0) is 68.2 Å². The molecule has 0 bridgehead atoms. The van der Waals surface area contributed by atoms with Crippen LogP contribution in [0.1, 0.15) is 46.3 Å². The molecule has 0 radical (unpaired) electrons. The van der Waals surface area contributed by atoms with Crippen molar-refractivity contribution in [2.45, 2.75) is 38.9 Å². The number of piperidine rings is 1. The minimum absolute atomic E-state index is 0.0123. The molecule has 0 saturated carbocycles. The van der Waals surface area contributed by atoms with E-state index in [0.29, 0.717) is 41.0 Å². The molecule has 2 heterocycles. The van der Waals surface area contributed by atoms with Crippen molar-refractivity contribution in [1.29, 1.82) is 0 Å². The second-order valence-electron chi connectivity index (χ2n) is 10.6. The lowest BCUT2D eigenvalue weighted by atomic mass is 10.1. The molecule has 4 rings (SSSR count). The van der Waals surface area contributed by atoms with E-state index in [4.69, 9.17) is 4.74 Å². The predicted molar refractivity (Wildman–Crippen MR) is 167 cm³/mol. The van der Waals surface area contributed by atoms with E-state index in [1.54, 1.807) is 35.6 Å². The number of carbonyl (C=O) groups excluding carboxylic acids is 1. The zero-order chi connectivity index (χ0) is 31.9. The van der Waals surface area contributed by atoms with Crippen LogP contribution in [0.2, 0.25) is 0 Å². The second-order valence-corrected chi connectivity index (χ2v) is 12.0. The second kappa shape index (κ2) is 14.7. The molecule has 1 aromatic heterocycles. The third-order valence-corrected chi connectivity index (χ3v) is 8.35. The zero-order valence-electron chi connectivity index (χ0n) is 25.3. The highest BCUT2D eigenvalue weighted by molar-refractivity contribution is 7.85. The summed E-state index contributed by atoms with van der Waals surface area (Å²) in [7, 11) is 1.75. The number of aryl methyl sites for hydroxylation is 1. The van der Waals surface area contributed by atoms with Gasteiger partial charge in [-0.3, -0.25) is 9.10 Å². The number of hydrogen-bond donors (Lipinski definition) is 3. The van der Waals surface area contributed by atoms with Crippen LogP contribution < -0.4 is 25.0 Å². The zero-order valence-corrected chi connectivity index (χ0v) is 26.1. The molecule has 2 aromatic carbocycles. The van der Waals surface area contributed by atoms with Gasteiger partial charge in [-0.1, -0.05) is 18.6 Å². The normalized spacial score (nSPS) is 14.5. The summed E-state index contributed by atoms with van der Waals surface area (Å²) in [6.07, 6.45) is 1.11. The summed E-state index contributed by atoms with van der Waals surface area (Å²) in [6, 6.07) is 10.2. The van der Waals surface area contributed by atoms with E-state index in [1.807, 2.05) is 19.1 Å². The fourth-order valence-electron chi connectivity index (χ4n) is 4.89. The van der Waals surface area contributed by atoms with Crippen LogP contribution >= 0.6 is 0 Å². The maximum Gasteiger partial charge on any atom is 0.421 e. The molecule has 3 N–H and O–H groups in total. The summed E-state index contributed by atoms with van der Waals surface area (Å²) in [5.74, 6) is -0.484. The fourth-order valence-corrected chi connectivity index (χ4v) is 5.33. The van der Waals surface area contributed by atoms with Gasteiger partial charge in [-0.25, -0.2) is 9.19 Å². The van der Waals surface area contributed by atoms with Crippen molar-refractivity contribution in [3.05, 3.63) is 64.8 Å². The molecule has 238 valence electrons. The first-order chi connectivity index (χ1) is 21.0. The van der Waals surface area contributed by atoms with Gasteiger partial charge in [0.15, 0.2) is 0 Å². The van der Waals surface area contributed by atoms with Crippen LogP contribution in [0.4, 0.5) is 36.3 Å². The number of hydrogen-bond acceptors (Lipinski definition) is 8. The van der Waals surface area contributed by atoms with Gasteiger partial charge in [0, 0.05) is 44.7 Å². The first-order valence-electron chi connectivity index (χ1n) is 14.3. The number of anilines is 4. The number of likely N-dealkylation sites (tertiary alicyclic amines) is 1. The highest BCUT2D eigenvalue weighted by Gasteiger charge is 2.35. The number of benzene rings is 2. The highest BCUT2D eigenvalue weighted by Crippen LogP contribution is 2.35. The first kappa shape index (κ1) is 33.0. The number of methoxy groups -OCH3 is 1. The topological polar surface area (TPSA) is 112 Å². The van der Waals surface area contributed by atoms with Crippen molar-refractivity contribution >= 4 is 40.0 Å². The van der Waals surface area contributed by atoms with E-state index in [9.17, 15) is 22.2 Å². The molecule has 3 aromatic rings. The van der Waals surface area contributed by atoms with Gasteiger partial charge >= 0.3 is 6.18 Å². The quantitative estimate of drug-likeness (QED) is 0.252. The minimum atomic E-state index is -4.71. The summed E-state index contributed by atoms with van der Waals surface area (Å²) in [6.45, 7) is 5.25. The van der Waals surface area contributed by atoms with Crippen LogP contribution in [-0.2, 0) is 23.7 Å². The van der Waals surface area contributed by atoms with Crippen molar-refractivity contribution in [2.24, 2.45) is 0 Å². The maximum absolute atomic E-state index is 13.9. The summed E-state index contributed by atoms with van der Waals surface area (Å²) >= 11 is 0. The van der Waals surface area contributed by atoms with Crippen molar-refractivity contribution in [2.75, 3.05) is 61.5 Å². The Bertz CT molecular complexity index is 1480. The van der Waals surface area contributed by atoms with E-state index in [-0.39, 0.29) is 18.4 Å². The van der Waals surface area contributed by atoms with Crippen LogP contribution in [-0.4, -0.2) is 71.6 Å². The molecular weight excluding hydrogens is 595 g/mol. The molecule has 14 heteroatoms. The van der Waals surface area contributed by atoms with Crippen LogP contribution in [0.5, 0.6) is 5.75 Å². The SMILES string of the molecule is COc1cc(C(=O)NCCN2CCCCC2)ccc1Nc1ncc(C(F)(F)F)c(NCc2ccc(C)cc2N(C)S(C)=O)n1. The number of halogens is 3. The summed E-state index contributed by atoms with van der Waals surface area (Å²) in [4.78, 5) is 23.1. The minimum Gasteiger partial charge on any atom is -0.495 e. The fraction of sp³-hybridized carbons (Fsp3) is 0.433. The van der Waals surface area contributed by atoms with E-state index in [1.165, 1.54) is 32.6 Å². The van der Waals surface area contributed by atoms with Gasteiger partial charge < -0.3 is 25.6 Å². The molecule has 1 unspecified atom stereocenters. The first-order valence-corrected chi connectivity index (χ1v) is 15.8. The van der Waals surface area contributed by atoms with Crippen LogP contribution in [0, 0.1) is 6.92 Å². The van der Waals surface area contributed by atoms with Crippen LogP contribution in [0.15, 0.2) is 42.6 Å². The molecule has 1 saturated heterocycles. The summed E-state index contributed by atoms with van der Waals surface area (Å²) in [5, 5.41) is 8.62. The Morgan fingerprint density at radius 3 is 2.57 bits per heavy atom. The Morgan fingerprint density at radius 1 is 1.14 bits per heavy atom. The van der Waals surface area contributed by atoms with Gasteiger partial charge in [0.05, 0.1) is 18.5 Å². The molecular formula is C30H38F3N7O3S. The number of alkyl halides is 3. The van der Waals surface area contributed by atoms with Gasteiger partial charge in [0.2, 0.25) is 5.95 Å². The molecule has 1 aliphatic rings. The Kier molecular flexibility index (Phi) is 11.0. The van der Waals surface area contributed by atoms with Gasteiger partial charge in [-0.15, -0.1) is 0 Å². The van der Waals surface area contributed by atoms with Crippen molar-refractivity contribution in [3.63, 3.8) is 0 Å². The highest BCUT2D eigenvalue weighted by atomic mass is 32.2. The van der Waals surface area contributed by atoms with Crippen molar-refractivity contribution in [3.8, 4) is 5.75 Å². The largest absolute Gasteiger partial charge is 0.495 e. The molecule has 10 nitrogen and oxygen atoms in total. The Hall–Kier alpha value is -3.91. The van der Waals surface area contributed by atoms with Gasteiger partial charge in [0.25, 0.3) is 5.91 Å². The Labute approximate surface area is 258 Å². The smallest absolute Gasteiger partial charge is 0.421 e. The summed E-state index contributed by atoms with van der Waals surface area (Å²) in [5.41, 5.74) is 1.90. The Morgan fingerprint density at radius 2 is 1.89 bits per heavy atom. The number of nitrogens with one attached hydrogen (secondary N) is 3.